The van der Waals surface area contributed by atoms with Crippen molar-refractivity contribution in [2.75, 3.05) is 4.90 Å². The minimum atomic E-state index is -0.676. The summed E-state index contributed by atoms with van der Waals surface area (Å²) in [6.07, 6.45) is 2.70. The van der Waals surface area contributed by atoms with Crippen LogP contribution in [0.15, 0.2) is 48.8 Å². The van der Waals surface area contributed by atoms with Crippen molar-refractivity contribution in [1.82, 2.24) is 9.97 Å². The summed E-state index contributed by atoms with van der Waals surface area (Å²) in [7, 11) is 0. The lowest BCUT2D eigenvalue weighted by Crippen LogP contribution is -2.29. The predicted molar refractivity (Wildman–Crippen MR) is 62.3 cm³/mol. The van der Waals surface area contributed by atoms with Gasteiger partial charge < -0.3 is 5.11 Å². The first-order chi connectivity index (χ1) is 7.79. The third-order valence-electron chi connectivity index (χ3n) is 2.17. The van der Waals surface area contributed by atoms with E-state index < -0.39 is 6.23 Å². The third-order valence-corrected chi connectivity index (χ3v) is 2.17. The van der Waals surface area contributed by atoms with E-state index in [0.29, 0.717) is 11.6 Å². The highest BCUT2D eigenvalue weighted by Crippen LogP contribution is 2.22. The van der Waals surface area contributed by atoms with Gasteiger partial charge in [0.1, 0.15) is 17.9 Å². The Kier molecular flexibility index (Phi) is 3.12. The van der Waals surface area contributed by atoms with Gasteiger partial charge in [0.25, 0.3) is 0 Å². The van der Waals surface area contributed by atoms with E-state index in [-0.39, 0.29) is 0 Å². The van der Waals surface area contributed by atoms with Crippen LogP contribution in [0.5, 0.6) is 0 Å². The van der Waals surface area contributed by atoms with Crippen LogP contribution in [-0.4, -0.2) is 21.3 Å². The molecular formula is C12H13N3O. The predicted octanol–water partition coefficient (Wildman–Crippen LogP) is 1.95. The quantitative estimate of drug-likeness (QED) is 0.795. The molecule has 2 aromatic heterocycles. The van der Waals surface area contributed by atoms with Gasteiger partial charge in [-0.3, -0.25) is 4.90 Å². The SMILES string of the molecule is CC(O)N(c1ccccn1)c1ccccn1. The van der Waals surface area contributed by atoms with Crippen molar-refractivity contribution >= 4 is 11.6 Å². The first-order valence-electron chi connectivity index (χ1n) is 5.08. The number of aliphatic hydroxyl groups excluding tert-OH is 1. The largest absolute Gasteiger partial charge is 0.373 e. The number of aliphatic hydroxyl groups is 1. The highest BCUT2D eigenvalue weighted by Gasteiger charge is 2.15. The summed E-state index contributed by atoms with van der Waals surface area (Å²) in [5.41, 5.74) is 0. The van der Waals surface area contributed by atoms with Crippen LogP contribution >= 0.6 is 0 Å². The number of hydrogen-bond acceptors (Lipinski definition) is 4. The zero-order chi connectivity index (χ0) is 11.4. The van der Waals surface area contributed by atoms with Crippen molar-refractivity contribution in [2.24, 2.45) is 0 Å². The van der Waals surface area contributed by atoms with E-state index in [0.717, 1.165) is 0 Å². The first kappa shape index (κ1) is 10.6. The van der Waals surface area contributed by atoms with Gasteiger partial charge in [0.2, 0.25) is 0 Å². The minimum Gasteiger partial charge on any atom is -0.373 e. The van der Waals surface area contributed by atoms with Crippen LogP contribution in [0.4, 0.5) is 11.6 Å². The summed E-state index contributed by atoms with van der Waals surface area (Å²) in [5.74, 6) is 1.35. The lowest BCUT2D eigenvalue weighted by Gasteiger charge is -2.25. The second-order valence-corrected chi connectivity index (χ2v) is 3.38. The Labute approximate surface area is 94.2 Å². The van der Waals surface area contributed by atoms with Gasteiger partial charge in [0, 0.05) is 12.4 Å². The molecule has 2 aromatic rings. The molecule has 82 valence electrons. The topological polar surface area (TPSA) is 49.2 Å². The van der Waals surface area contributed by atoms with Crippen LogP contribution in [0.1, 0.15) is 6.92 Å². The number of anilines is 2. The summed E-state index contributed by atoms with van der Waals surface area (Å²) < 4.78 is 0. The van der Waals surface area contributed by atoms with E-state index in [1.54, 1.807) is 24.2 Å². The van der Waals surface area contributed by atoms with Crippen molar-refractivity contribution in [2.45, 2.75) is 13.2 Å². The number of pyridine rings is 2. The van der Waals surface area contributed by atoms with Crippen LogP contribution in [0, 0.1) is 0 Å². The Morgan fingerprint density at radius 1 is 1.00 bits per heavy atom. The fourth-order valence-electron chi connectivity index (χ4n) is 1.49. The van der Waals surface area contributed by atoms with Crippen molar-refractivity contribution in [1.29, 1.82) is 0 Å². The van der Waals surface area contributed by atoms with Gasteiger partial charge in [-0.1, -0.05) is 12.1 Å². The molecule has 1 N–H and O–H groups in total. The van der Waals surface area contributed by atoms with Gasteiger partial charge in [-0.25, -0.2) is 9.97 Å². The van der Waals surface area contributed by atoms with Crippen LogP contribution in [0.25, 0.3) is 0 Å². The lowest BCUT2D eigenvalue weighted by molar-refractivity contribution is 0.200. The highest BCUT2D eigenvalue weighted by molar-refractivity contribution is 5.55. The number of aromatic nitrogens is 2. The van der Waals surface area contributed by atoms with Gasteiger partial charge in [-0.05, 0) is 31.2 Å². The molecule has 0 spiro atoms. The van der Waals surface area contributed by atoms with E-state index >= 15 is 0 Å². The fraction of sp³-hybridized carbons (Fsp3) is 0.167. The highest BCUT2D eigenvalue weighted by atomic mass is 16.3. The van der Waals surface area contributed by atoms with Gasteiger partial charge >= 0.3 is 0 Å². The third kappa shape index (κ3) is 2.17. The molecule has 0 saturated carbocycles. The summed E-state index contributed by atoms with van der Waals surface area (Å²) in [5, 5.41) is 9.76. The molecule has 0 amide bonds. The maximum Gasteiger partial charge on any atom is 0.136 e. The maximum atomic E-state index is 9.76. The zero-order valence-corrected chi connectivity index (χ0v) is 8.99. The molecule has 0 aliphatic rings. The van der Waals surface area contributed by atoms with E-state index in [1.165, 1.54) is 0 Å². The molecule has 16 heavy (non-hydrogen) atoms. The standard InChI is InChI=1S/C12H13N3O/c1-10(16)15(11-6-2-4-8-13-11)12-7-3-5-9-14-12/h2-10,16H,1H3. The monoisotopic (exact) mass is 215 g/mol. The van der Waals surface area contributed by atoms with E-state index in [4.69, 9.17) is 0 Å². The van der Waals surface area contributed by atoms with Crippen LogP contribution in [0.3, 0.4) is 0 Å². The van der Waals surface area contributed by atoms with Crippen molar-refractivity contribution < 1.29 is 5.11 Å². The molecule has 0 aliphatic heterocycles. The molecule has 0 aliphatic carbocycles. The molecule has 0 fully saturated rings. The summed E-state index contributed by atoms with van der Waals surface area (Å²) in [4.78, 5) is 10.1. The Morgan fingerprint density at radius 2 is 1.50 bits per heavy atom. The molecule has 1 unspecified atom stereocenters. The average Bonchev–Trinajstić information content (AvgIpc) is 2.31. The maximum absolute atomic E-state index is 9.76. The molecule has 0 bridgehead atoms. The molecule has 0 radical (unpaired) electrons. The van der Waals surface area contributed by atoms with Gasteiger partial charge in [0.15, 0.2) is 0 Å². The second kappa shape index (κ2) is 4.72. The molecule has 0 saturated heterocycles. The Balaban J connectivity index is 2.40. The average molecular weight is 215 g/mol. The van der Waals surface area contributed by atoms with Crippen LogP contribution in [0.2, 0.25) is 0 Å². The van der Waals surface area contributed by atoms with Crippen LogP contribution < -0.4 is 4.90 Å². The summed E-state index contributed by atoms with van der Waals surface area (Å²) in [6.45, 7) is 1.68. The Bertz CT molecular complexity index is 391. The van der Waals surface area contributed by atoms with Crippen molar-refractivity contribution in [3.8, 4) is 0 Å². The zero-order valence-electron chi connectivity index (χ0n) is 8.99. The fourth-order valence-corrected chi connectivity index (χ4v) is 1.49. The van der Waals surface area contributed by atoms with Gasteiger partial charge in [0.05, 0.1) is 0 Å². The minimum absolute atomic E-state index is 0.676. The molecule has 0 aromatic carbocycles. The summed E-state index contributed by atoms with van der Waals surface area (Å²) in [6, 6.07) is 11.1. The lowest BCUT2D eigenvalue weighted by atomic mass is 10.3. The Morgan fingerprint density at radius 3 is 1.81 bits per heavy atom. The van der Waals surface area contributed by atoms with E-state index in [1.807, 2.05) is 36.4 Å². The van der Waals surface area contributed by atoms with Gasteiger partial charge in [-0.15, -0.1) is 0 Å². The molecule has 4 nitrogen and oxygen atoms in total. The molecule has 1 atom stereocenters. The first-order valence-corrected chi connectivity index (χ1v) is 5.08. The normalized spacial score (nSPS) is 12.1. The number of hydrogen-bond donors (Lipinski definition) is 1. The molecule has 2 rings (SSSR count). The number of rotatable bonds is 3. The number of nitrogens with zero attached hydrogens (tertiary/aromatic N) is 3. The van der Waals surface area contributed by atoms with E-state index in [2.05, 4.69) is 9.97 Å². The molecular weight excluding hydrogens is 202 g/mol. The van der Waals surface area contributed by atoms with Gasteiger partial charge in [-0.2, -0.15) is 0 Å². The van der Waals surface area contributed by atoms with Crippen molar-refractivity contribution in [3.63, 3.8) is 0 Å². The Hall–Kier alpha value is -1.94. The molecule has 2 heterocycles. The smallest absolute Gasteiger partial charge is 0.136 e. The summed E-state index contributed by atoms with van der Waals surface area (Å²) >= 11 is 0. The molecule has 4 heteroatoms. The van der Waals surface area contributed by atoms with Crippen LogP contribution in [-0.2, 0) is 0 Å². The van der Waals surface area contributed by atoms with E-state index in [9.17, 15) is 5.11 Å². The van der Waals surface area contributed by atoms with Crippen molar-refractivity contribution in [3.05, 3.63) is 48.8 Å². The second-order valence-electron chi connectivity index (χ2n) is 3.38.